The Morgan fingerprint density at radius 2 is 1.77 bits per heavy atom. The Morgan fingerprint density at radius 1 is 1.19 bits per heavy atom. The van der Waals surface area contributed by atoms with E-state index in [4.69, 9.17) is 9.16 Å². The minimum atomic E-state index is -1.94. The third kappa shape index (κ3) is 5.19. The minimum absolute atomic E-state index is 0.0435. The predicted molar refractivity (Wildman–Crippen MR) is 106 cm³/mol. The van der Waals surface area contributed by atoms with Crippen molar-refractivity contribution in [3.8, 4) is 0 Å². The van der Waals surface area contributed by atoms with Crippen LogP contribution >= 0.6 is 0 Å². The predicted octanol–water partition coefficient (Wildman–Crippen LogP) is 4.53. The number of carbonyl (C=O) groups is 2. The van der Waals surface area contributed by atoms with Crippen molar-refractivity contribution in [3.63, 3.8) is 0 Å². The van der Waals surface area contributed by atoms with Gasteiger partial charge in [-0.2, -0.15) is 0 Å². The van der Waals surface area contributed by atoms with Crippen molar-refractivity contribution >= 4 is 20.2 Å². The molecule has 2 aliphatic rings. The van der Waals surface area contributed by atoms with Crippen molar-refractivity contribution < 1.29 is 18.8 Å². The molecule has 26 heavy (non-hydrogen) atoms. The molecule has 1 aliphatic carbocycles. The highest BCUT2D eigenvalue weighted by Crippen LogP contribution is 2.40. The van der Waals surface area contributed by atoms with Crippen molar-refractivity contribution in [2.45, 2.75) is 84.2 Å². The fourth-order valence-electron chi connectivity index (χ4n) is 2.68. The lowest BCUT2D eigenvalue weighted by atomic mass is 9.98. The van der Waals surface area contributed by atoms with Gasteiger partial charge in [-0.15, -0.1) is 0 Å². The van der Waals surface area contributed by atoms with Gasteiger partial charge in [-0.25, -0.2) is 4.79 Å². The molecular formula is C20H35NO4Si. The van der Waals surface area contributed by atoms with Gasteiger partial charge >= 0.3 is 6.09 Å². The molecule has 1 atom stereocenters. The average molecular weight is 382 g/mol. The fourth-order valence-corrected chi connectivity index (χ4v) is 3.70. The fraction of sp³-hybridized carbons (Fsp3) is 0.800. The maximum absolute atomic E-state index is 12.7. The Hall–Kier alpha value is -1.14. The Morgan fingerprint density at radius 3 is 2.23 bits per heavy atom. The van der Waals surface area contributed by atoms with E-state index in [9.17, 15) is 9.59 Å². The summed E-state index contributed by atoms with van der Waals surface area (Å²) in [7, 11) is -1.94. The highest BCUT2D eigenvalue weighted by Gasteiger charge is 2.42. The number of nitrogens with zero attached hydrogens (tertiary/aromatic N) is 1. The van der Waals surface area contributed by atoms with Crippen LogP contribution in [0.3, 0.4) is 0 Å². The molecule has 0 aromatic rings. The molecule has 5 nitrogen and oxygen atoms in total. The number of amides is 1. The monoisotopic (exact) mass is 381 g/mol. The number of Topliss-reactive ketones (excluding diaryl/α,β-unsaturated/α-hetero) is 1. The highest BCUT2D eigenvalue weighted by atomic mass is 28.4. The number of hydrogen-bond donors (Lipinski definition) is 0. The zero-order valence-corrected chi connectivity index (χ0v) is 18.6. The molecule has 1 saturated carbocycles. The molecule has 0 spiro atoms. The number of ketones is 1. The number of carbonyl (C=O) groups excluding carboxylic acids is 2. The second kappa shape index (κ2) is 7.11. The van der Waals surface area contributed by atoms with E-state index in [1.807, 2.05) is 26.8 Å². The van der Waals surface area contributed by atoms with Crippen molar-refractivity contribution in [2.24, 2.45) is 5.92 Å². The van der Waals surface area contributed by atoms with E-state index in [-0.39, 0.29) is 23.4 Å². The first kappa shape index (κ1) is 21.2. The van der Waals surface area contributed by atoms with E-state index >= 15 is 0 Å². The molecular weight excluding hydrogens is 346 g/mol. The van der Waals surface area contributed by atoms with Crippen LogP contribution in [0.25, 0.3) is 0 Å². The van der Waals surface area contributed by atoms with E-state index in [2.05, 4.69) is 33.9 Å². The first-order valence-corrected chi connectivity index (χ1v) is 12.5. The van der Waals surface area contributed by atoms with Crippen LogP contribution in [0.5, 0.6) is 0 Å². The summed E-state index contributed by atoms with van der Waals surface area (Å²) in [4.78, 5) is 26.7. The summed E-state index contributed by atoms with van der Waals surface area (Å²) in [6.45, 7) is 17.0. The minimum Gasteiger partial charge on any atom is -0.444 e. The number of rotatable bonds is 4. The van der Waals surface area contributed by atoms with E-state index in [0.717, 1.165) is 18.4 Å². The normalized spacial score (nSPS) is 22.3. The quantitative estimate of drug-likeness (QED) is 0.671. The topological polar surface area (TPSA) is 55.8 Å². The average Bonchev–Trinajstić information content (AvgIpc) is 3.27. The molecule has 0 aromatic carbocycles. The molecule has 1 heterocycles. The number of ether oxygens (including phenoxy) is 1. The van der Waals surface area contributed by atoms with Crippen LogP contribution in [0.15, 0.2) is 11.6 Å². The summed E-state index contributed by atoms with van der Waals surface area (Å²) in [5, 5.41) is 0.0945. The Labute approximate surface area is 159 Å². The van der Waals surface area contributed by atoms with E-state index in [1.54, 1.807) is 0 Å². The Balaban J connectivity index is 2.20. The summed E-state index contributed by atoms with van der Waals surface area (Å²) >= 11 is 0. The van der Waals surface area contributed by atoms with Crippen LogP contribution in [0.2, 0.25) is 18.1 Å². The molecule has 2 rings (SSSR count). The Kier molecular flexibility index (Phi) is 5.79. The van der Waals surface area contributed by atoms with Crippen molar-refractivity contribution in [2.75, 3.05) is 13.2 Å². The molecule has 148 valence electrons. The van der Waals surface area contributed by atoms with Crippen LogP contribution in [0.4, 0.5) is 4.79 Å². The van der Waals surface area contributed by atoms with Crippen LogP contribution in [0.1, 0.15) is 54.4 Å². The maximum atomic E-state index is 12.7. The zero-order valence-electron chi connectivity index (χ0n) is 17.6. The molecule has 0 radical (unpaired) electrons. The van der Waals surface area contributed by atoms with Crippen LogP contribution < -0.4 is 0 Å². The standard InChI is InChI=1S/C20H35NO4Si/c1-19(2,3)25-18(23)21-12-17(22)16(14-9-10-14)11-15(21)13-24-26(7,8)20(4,5)6/h11,14-15H,9-10,12-13H2,1-8H3. The van der Waals surface area contributed by atoms with Crippen LogP contribution in [0, 0.1) is 5.92 Å². The van der Waals surface area contributed by atoms with Crippen LogP contribution in [-0.2, 0) is 14.0 Å². The summed E-state index contributed by atoms with van der Waals surface area (Å²) in [6.07, 6.45) is 3.65. The molecule has 1 fully saturated rings. The maximum Gasteiger partial charge on any atom is 0.411 e. The lowest BCUT2D eigenvalue weighted by molar-refractivity contribution is -0.118. The molecule has 0 N–H and O–H groups in total. The molecule has 1 unspecified atom stereocenters. The van der Waals surface area contributed by atoms with Gasteiger partial charge < -0.3 is 9.16 Å². The smallest absolute Gasteiger partial charge is 0.411 e. The lowest BCUT2D eigenvalue weighted by Crippen LogP contribution is -2.52. The third-order valence-corrected chi connectivity index (χ3v) is 9.98. The van der Waals surface area contributed by atoms with Gasteiger partial charge in [-0.05, 0) is 63.2 Å². The van der Waals surface area contributed by atoms with Gasteiger partial charge in [0.05, 0.1) is 19.2 Å². The molecule has 1 amide bonds. The lowest BCUT2D eigenvalue weighted by Gasteiger charge is -2.40. The first-order chi connectivity index (χ1) is 11.7. The summed E-state index contributed by atoms with van der Waals surface area (Å²) in [5.74, 6) is 0.417. The summed E-state index contributed by atoms with van der Waals surface area (Å²) in [5.41, 5.74) is 0.291. The Bertz CT molecular complexity index is 594. The van der Waals surface area contributed by atoms with Gasteiger partial charge in [0.2, 0.25) is 0 Å². The second-order valence-electron chi connectivity index (χ2n) is 10.1. The van der Waals surface area contributed by atoms with Gasteiger partial charge in [-0.1, -0.05) is 26.8 Å². The molecule has 6 heteroatoms. The molecule has 0 bridgehead atoms. The van der Waals surface area contributed by atoms with Crippen molar-refractivity contribution in [1.29, 1.82) is 0 Å². The highest BCUT2D eigenvalue weighted by molar-refractivity contribution is 6.74. The third-order valence-electron chi connectivity index (χ3n) is 5.47. The van der Waals surface area contributed by atoms with E-state index < -0.39 is 20.0 Å². The van der Waals surface area contributed by atoms with E-state index in [1.165, 1.54) is 4.90 Å². The summed E-state index contributed by atoms with van der Waals surface area (Å²) < 4.78 is 11.9. The second-order valence-corrected chi connectivity index (χ2v) is 14.9. The van der Waals surface area contributed by atoms with Gasteiger partial charge in [0.15, 0.2) is 14.1 Å². The van der Waals surface area contributed by atoms with Gasteiger partial charge in [-0.3, -0.25) is 9.69 Å². The number of hydrogen-bond acceptors (Lipinski definition) is 4. The molecule has 0 saturated heterocycles. The molecule has 0 aromatic heterocycles. The largest absolute Gasteiger partial charge is 0.444 e. The van der Waals surface area contributed by atoms with Crippen molar-refractivity contribution in [3.05, 3.63) is 11.6 Å². The van der Waals surface area contributed by atoms with Gasteiger partial charge in [0.25, 0.3) is 0 Å². The van der Waals surface area contributed by atoms with Gasteiger partial charge in [0.1, 0.15) is 5.60 Å². The van der Waals surface area contributed by atoms with Gasteiger partial charge in [0, 0.05) is 0 Å². The summed E-state index contributed by atoms with van der Waals surface area (Å²) in [6, 6.07) is -0.243. The SMILES string of the molecule is CC(C)(C)OC(=O)N1CC(=O)C(C2CC2)=CC1CO[Si](C)(C)C(C)(C)C. The van der Waals surface area contributed by atoms with E-state index in [0.29, 0.717) is 12.5 Å². The first-order valence-electron chi connectivity index (χ1n) is 9.60. The van der Waals surface area contributed by atoms with Crippen LogP contribution in [-0.4, -0.2) is 49.9 Å². The molecule has 1 aliphatic heterocycles. The van der Waals surface area contributed by atoms with Crippen molar-refractivity contribution in [1.82, 2.24) is 4.90 Å². The zero-order chi connectivity index (χ0) is 19.9.